The molecule has 1 fully saturated rings. The molecule has 1 aromatic heterocycles. The minimum absolute atomic E-state index is 0.0983. The summed E-state index contributed by atoms with van der Waals surface area (Å²) in [6.45, 7) is 3.96. The van der Waals surface area contributed by atoms with Crippen LogP contribution in [0.2, 0.25) is 0 Å². The highest BCUT2D eigenvalue weighted by atomic mass is 16.5. The molecule has 1 aliphatic rings. The van der Waals surface area contributed by atoms with Gasteiger partial charge in [-0.1, -0.05) is 0 Å². The number of hydrogen-bond donors (Lipinski definition) is 3. The lowest BCUT2D eigenvalue weighted by Crippen LogP contribution is -2.45. The van der Waals surface area contributed by atoms with E-state index < -0.39 is 6.10 Å². The van der Waals surface area contributed by atoms with Gasteiger partial charge in [0.05, 0.1) is 6.61 Å². The quantitative estimate of drug-likeness (QED) is 0.764. The molecule has 2 aromatic rings. The fourth-order valence-electron chi connectivity index (χ4n) is 2.31. The fraction of sp³-hybridized carbons (Fsp3) is 0.357. The Hall–Kier alpha value is -1.85. The highest BCUT2D eigenvalue weighted by Crippen LogP contribution is 2.20. The summed E-state index contributed by atoms with van der Waals surface area (Å²) >= 11 is 0. The Labute approximate surface area is 111 Å². The number of morpholine rings is 1. The molecule has 1 saturated heterocycles. The number of fused-ring (bicyclic) bond motifs is 1. The Kier molecular flexibility index (Phi) is 3.23. The predicted octanol–water partition coefficient (Wildman–Crippen LogP) is 1.40. The lowest BCUT2D eigenvalue weighted by atomic mass is 10.2. The van der Waals surface area contributed by atoms with Gasteiger partial charge >= 0.3 is 0 Å². The van der Waals surface area contributed by atoms with Gasteiger partial charge in [-0.3, -0.25) is 4.79 Å². The van der Waals surface area contributed by atoms with Crippen LogP contribution in [0, 0.1) is 6.92 Å². The predicted molar refractivity (Wildman–Crippen MR) is 74.3 cm³/mol. The van der Waals surface area contributed by atoms with Crippen LogP contribution < -0.4 is 10.6 Å². The van der Waals surface area contributed by atoms with Gasteiger partial charge < -0.3 is 20.4 Å². The smallest absolute Gasteiger partial charge is 0.254 e. The molecule has 1 amide bonds. The van der Waals surface area contributed by atoms with Crippen molar-refractivity contribution in [2.24, 2.45) is 0 Å². The number of hydrogen-bond acceptors (Lipinski definition) is 3. The molecule has 2 heterocycles. The minimum atomic E-state index is -0.405. The number of ether oxygens (including phenoxy) is 1. The van der Waals surface area contributed by atoms with Crippen LogP contribution in [-0.4, -0.2) is 36.7 Å². The zero-order valence-electron chi connectivity index (χ0n) is 10.8. The third-order valence-electron chi connectivity index (χ3n) is 3.24. The first-order valence-electron chi connectivity index (χ1n) is 6.45. The average Bonchev–Trinajstić information content (AvgIpc) is 2.79. The number of benzene rings is 1. The fourth-order valence-corrected chi connectivity index (χ4v) is 2.31. The second kappa shape index (κ2) is 5.03. The van der Waals surface area contributed by atoms with E-state index in [2.05, 4.69) is 21.7 Å². The zero-order valence-corrected chi connectivity index (χ0v) is 10.8. The molecular weight excluding hydrogens is 242 g/mol. The van der Waals surface area contributed by atoms with E-state index in [-0.39, 0.29) is 5.91 Å². The van der Waals surface area contributed by atoms with Crippen LogP contribution in [0.25, 0.3) is 10.9 Å². The van der Waals surface area contributed by atoms with Crippen molar-refractivity contribution in [2.45, 2.75) is 13.0 Å². The van der Waals surface area contributed by atoms with E-state index in [1.807, 2.05) is 25.1 Å². The van der Waals surface area contributed by atoms with Gasteiger partial charge in [0.1, 0.15) is 6.10 Å². The van der Waals surface area contributed by atoms with Gasteiger partial charge in [0, 0.05) is 35.4 Å². The number of amides is 1. The van der Waals surface area contributed by atoms with E-state index in [4.69, 9.17) is 4.74 Å². The van der Waals surface area contributed by atoms with E-state index in [1.165, 1.54) is 0 Å². The molecule has 0 saturated carbocycles. The molecule has 1 aliphatic heterocycles. The molecule has 0 bridgehead atoms. The molecular formula is C14H17N3O2. The third kappa shape index (κ3) is 2.62. The van der Waals surface area contributed by atoms with Gasteiger partial charge in [-0.15, -0.1) is 0 Å². The van der Waals surface area contributed by atoms with Crippen molar-refractivity contribution >= 4 is 22.5 Å². The highest BCUT2D eigenvalue weighted by Gasteiger charge is 2.21. The summed E-state index contributed by atoms with van der Waals surface area (Å²) in [5.74, 6) is -0.0983. The SMILES string of the molecule is Cc1cc2cc(NC(=O)[C@H]3CNCCO3)ccc2[nH]1. The average molecular weight is 259 g/mol. The van der Waals surface area contributed by atoms with E-state index in [9.17, 15) is 4.79 Å². The standard InChI is InChI=1S/C14H17N3O2/c1-9-6-10-7-11(2-3-12(10)16-9)17-14(18)13-8-15-4-5-19-13/h2-3,6-7,13,15-16H,4-5,8H2,1H3,(H,17,18)/t13-/m1/s1. The molecule has 0 radical (unpaired) electrons. The van der Waals surface area contributed by atoms with Crippen molar-refractivity contribution in [3.05, 3.63) is 30.0 Å². The van der Waals surface area contributed by atoms with Gasteiger partial charge in [-0.2, -0.15) is 0 Å². The molecule has 1 aromatic carbocycles. The Morgan fingerprint density at radius 3 is 3.11 bits per heavy atom. The van der Waals surface area contributed by atoms with E-state index in [0.29, 0.717) is 13.2 Å². The maximum absolute atomic E-state index is 12.0. The molecule has 100 valence electrons. The third-order valence-corrected chi connectivity index (χ3v) is 3.24. The lowest BCUT2D eigenvalue weighted by Gasteiger charge is -2.22. The van der Waals surface area contributed by atoms with Crippen LogP contribution in [0.15, 0.2) is 24.3 Å². The number of anilines is 1. The summed E-state index contributed by atoms with van der Waals surface area (Å²) in [4.78, 5) is 15.3. The first-order valence-corrected chi connectivity index (χ1v) is 6.45. The Bertz CT molecular complexity index is 600. The van der Waals surface area contributed by atoms with E-state index >= 15 is 0 Å². The second-order valence-corrected chi connectivity index (χ2v) is 4.81. The number of rotatable bonds is 2. The molecule has 5 heteroatoms. The lowest BCUT2D eigenvalue weighted by molar-refractivity contribution is -0.128. The van der Waals surface area contributed by atoms with Crippen LogP contribution in [-0.2, 0) is 9.53 Å². The first kappa shape index (κ1) is 12.2. The number of aryl methyl sites for hydroxylation is 1. The van der Waals surface area contributed by atoms with Crippen LogP contribution in [0.1, 0.15) is 5.69 Å². The maximum Gasteiger partial charge on any atom is 0.254 e. The highest BCUT2D eigenvalue weighted by molar-refractivity contribution is 5.96. The van der Waals surface area contributed by atoms with Crippen molar-refractivity contribution in [1.82, 2.24) is 10.3 Å². The molecule has 1 atom stereocenters. The monoisotopic (exact) mass is 259 g/mol. The van der Waals surface area contributed by atoms with Gasteiger partial charge in [0.15, 0.2) is 0 Å². The summed E-state index contributed by atoms with van der Waals surface area (Å²) < 4.78 is 5.42. The van der Waals surface area contributed by atoms with Gasteiger partial charge in [0.2, 0.25) is 0 Å². The molecule has 5 nitrogen and oxygen atoms in total. The Morgan fingerprint density at radius 2 is 2.32 bits per heavy atom. The van der Waals surface area contributed by atoms with Gasteiger partial charge in [-0.25, -0.2) is 0 Å². The van der Waals surface area contributed by atoms with Crippen molar-refractivity contribution < 1.29 is 9.53 Å². The van der Waals surface area contributed by atoms with Crippen LogP contribution in [0.4, 0.5) is 5.69 Å². The number of H-pyrrole nitrogens is 1. The number of nitrogens with one attached hydrogen (secondary N) is 3. The van der Waals surface area contributed by atoms with Crippen LogP contribution >= 0.6 is 0 Å². The molecule has 0 aliphatic carbocycles. The van der Waals surface area contributed by atoms with Crippen LogP contribution in [0.5, 0.6) is 0 Å². The van der Waals surface area contributed by atoms with Crippen molar-refractivity contribution in [3.63, 3.8) is 0 Å². The Morgan fingerprint density at radius 1 is 1.42 bits per heavy atom. The maximum atomic E-state index is 12.0. The summed E-state index contributed by atoms with van der Waals surface area (Å²) in [5, 5.41) is 7.13. The molecule has 3 rings (SSSR count). The number of aromatic amines is 1. The van der Waals surface area contributed by atoms with Gasteiger partial charge in [0.25, 0.3) is 5.91 Å². The van der Waals surface area contributed by atoms with E-state index in [1.54, 1.807) is 0 Å². The minimum Gasteiger partial charge on any atom is -0.366 e. The zero-order chi connectivity index (χ0) is 13.2. The number of aromatic nitrogens is 1. The Balaban J connectivity index is 1.74. The summed E-state index contributed by atoms with van der Waals surface area (Å²) in [6, 6.07) is 7.89. The van der Waals surface area contributed by atoms with Crippen molar-refractivity contribution in [3.8, 4) is 0 Å². The molecule has 3 N–H and O–H groups in total. The van der Waals surface area contributed by atoms with Crippen LogP contribution in [0.3, 0.4) is 0 Å². The summed E-state index contributed by atoms with van der Waals surface area (Å²) in [5.41, 5.74) is 2.98. The van der Waals surface area contributed by atoms with Crippen molar-refractivity contribution in [1.29, 1.82) is 0 Å². The topological polar surface area (TPSA) is 66.2 Å². The van der Waals surface area contributed by atoms with E-state index in [0.717, 1.165) is 28.8 Å². The van der Waals surface area contributed by atoms with Crippen molar-refractivity contribution in [2.75, 3.05) is 25.0 Å². The molecule has 19 heavy (non-hydrogen) atoms. The number of carbonyl (C=O) groups is 1. The summed E-state index contributed by atoms with van der Waals surface area (Å²) in [7, 11) is 0. The molecule has 0 spiro atoms. The summed E-state index contributed by atoms with van der Waals surface area (Å²) in [6.07, 6.45) is -0.405. The normalized spacial score (nSPS) is 19.5. The number of carbonyl (C=O) groups excluding carboxylic acids is 1. The second-order valence-electron chi connectivity index (χ2n) is 4.81. The molecule has 0 unspecified atom stereocenters. The first-order chi connectivity index (χ1) is 9.22. The van der Waals surface area contributed by atoms with Gasteiger partial charge in [-0.05, 0) is 31.2 Å². The largest absolute Gasteiger partial charge is 0.366 e.